The number of rotatable bonds is 7. The molecule has 6 heteroatoms. The van der Waals surface area contributed by atoms with Crippen LogP contribution in [0.25, 0.3) is 0 Å². The normalized spacial score (nSPS) is 22.6. The minimum absolute atomic E-state index is 0.106. The van der Waals surface area contributed by atoms with Gasteiger partial charge in [0.2, 0.25) is 0 Å². The number of morpholine rings is 1. The molecule has 0 N–H and O–H groups in total. The van der Waals surface area contributed by atoms with E-state index in [1.54, 1.807) is 0 Å². The summed E-state index contributed by atoms with van der Waals surface area (Å²) < 4.78 is 19.0. The second-order valence-corrected chi connectivity index (χ2v) is 11.2. The SMILES string of the molecule is P[I-]CCOCc1ccc2c(c1)C(c1ccccc1)CC(N1CCOCC1)O2. The van der Waals surface area contributed by atoms with Crippen molar-refractivity contribution in [3.63, 3.8) is 0 Å². The van der Waals surface area contributed by atoms with E-state index in [0.29, 0.717) is 12.5 Å². The van der Waals surface area contributed by atoms with Crippen LogP contribution in [0.15, 0.2) is 48.5 Å². The van der Waals surface area contributed by atoms with Crippen molar-refractivity contribution < 1.29 is 34.9 Å². The third-order valence-corrected chi connectivity index (χ3v) is 7.93. The molecule has 2 heterocycles. The van der Waals surface area contributed by atoms with Gasteiger partial charge in [-0.1, -0.05) is 0 Å². The Morgan fingerprint density at radius 2 is 1.93 bits per heavy atom. The van der Waals surface area contributed by atoms with Gasteiger partial charge in [0, 0.05) is 0 Å². The number of ether oxygens (including phenoxy) is 3. The first-order chi connectivity index (χ1) is 13.8. The molecule has 3 atom stereocenters. The Morgan fingerprint density at radius 3 is 2.71 bits per heavy atom. The molecular formula is C22H28INO3P-. The molecule has 0 aliphatic carbocycles. The van der Waals surface area contributed by atoms with Gasteiger partial charge in [0.25, 0.3) is 0 Å². The fourth-order valence-corrected chi connectivity index (χ4v) is 5.13. The van der Waals surface area contributed by atoms with Crippen molar-refractivity contribution in [2.24, 2.45) is 0 Å². The molecule has 0 saturated carbocycles. The van der Waals surface area contributed by atoms with Gasteiger partial charge in [-0.3, -0.25) is 0 Å². The van der Waals surface area contributed by atoms with Gasteiger partial charge >= 0.3 is 162 Å². The van der Waals surface area contributed by atoms with Gasteiger partial charge in [-0.15, -0.1) is 0 Å². The summed E-state index contributed by atoms with van der Waals surface area (Å²) in [6.07, 6.45) is 1.08. The Balaban J connectivity index is 1.58. The second-order valence-electron chi connectivity index (χ2n) is 7.19. The van der Waals surface area contributed by atoms with Crippen molar-refractivity contribution in [3.05, 3.63) is 65.2 Å². The first kappa shape index (κ1) is 20.5. The minimum atomic E-state index is 0.106. The second kappa shape index (κ2) is 10.4. The summed E-state index contributed by atoms with van der Waals surface area (Å²) in [6.45, 7) is 7.84. The zero-order valence-corrected chi connectivity index (χ0v) is 19.4. The summed E-state index contributed by atoms with van der Waals surface area (Å²) in [7, 11) is 0. The number of hydrogen-bond acceptors (Lipinski definition) is 4. The number of benzene rings is 2. The summed E-state index contributed by atoms with van der Waals surface area (Å²) in [6, 6.07) is 17.4. The van der Waals surface area contributed by atoms with Crippen LogP contribution in [0.4, 0.5) is 0 Å². The summed E-state index contributed by atoms with van der Waals surface area (Å²) in [4.78, 5) is 2.42. The van der Waals surface area contributed by atoms with Crippen molar-refractivity contribution in [2.45, 2.75) is 25.2 Å². The van der Waals surface area contributed by atoms with Crippen LogP contribution in [-0.4, -0.2) is 48.5 Å². The van der Waals surface area contributed by atoms with E-state index in [4.69, 9.17) is 14.2 Å². The van der Waals surface area contributed by atoms with E-state index in [9.17, 15) is 0 Å². The number of alkyl halides is 1. The van der Waals surface area contributed by atoms with Crippen LogP contribution in [0.5, 0.6) is 5.75 Å². The zero-order chi connectivity index (χ0) is 19.2. The molecule has 0 aromatic heterocycles. The van der Waals surface area contributed by atoms with Crippen molar-refractivity contribution in [3.8, 4) is 5.75 Å². The van der Waals surface area contributed by atoms with Crippen molar-refractivity contribution >= 4 is 6.88 Å². The predicted molar refractivity (Wildman–Crippen MR) is 110 cm³/mol. The molecule has 3 unspecified atom stereocenters. The van der Waals surface area contributed by atoms with Crippen LogP contribution in [0, 0.1) is 0 Å². The van der Waals surface area contributed by atoms with Crippen molar-refractivity contribution in [1.82, 2.24) is 4.90 Å². The van der Waals surface area contributed by atoms with E-state index in [0.717, 1.165) is 45.1 Å². The van der Waals surface area contributed by atoms with Crippen LogP contribution in [0.3, 0.4) is 0 Å². The Hall–Kier alpha value is -0.720. The molecule has 4 nitrogen and oxygen atoms in total. The molecule has 4 rings (SSSR count). The van der Waals surface area contributed by atoms with Crippen molar-refractivity contribution in [2.75, 3.05) is 37.3 Å². The fraction of sp³-hybridized carbons (Fsp3) is 0.455. The molecule has 1 fully saturated rings. The van der Waals surface area contributed by atoms with Gasteiger partial charge in [-0.2, -0.15) is 0 Å². The Kier molecular flexibility index (Phi) is 7.60. The first-order valence-corrected chi connectivity index (χ1v) is 15.6. The predicted octanol–water partition coefficient (Wildman–Crippen LogP) is 0.655. The van der Waals surface area contributed by atoms with Crippen LogP contribution >= 0.6 is 6.88 Å². The molecule has 2 aromatic carbocycles. The average molecular weight is 512 g/mol. The number of nitrogens with zero attached hydrogens (tertiary/aromatic N) is 1. The van der Waals surface area contributed by atoms with E-state index in [2.05, 4.69) is 60.3 Å². The van der Waals surface area contributed by atoms with Gasteiger partial charge in [0.15, 0.2) is 0 Å². The van der Waals surface area contributed by atoms with Crippen LogP contribution < -0.4 is 25.4 Å². The van der Waals surface area contributed by atoms with Crippen molar-refractivity contribution in [1.29, 1.82) is 0 Å². The van der Waals surface area contributed by atoms with E-state index in [1.807, 2.05) is 0 Å². The topological polar surface area (TPSA) is 30.9 Å². The van der Waals surface area contributed by atoms with Gasteiger partial charge in [-0.05, 0) is 0 Å². The Bertz CT molecular complexity index is 755. The first-order valence-electron chi connectivity index (χ1n) is 9.87. The maximum absolute atomic E-state index is 6.45. The van der Waals surface area contributed by atoms with E-state index >= 15 is 0 Å². The summed E-state index contributed by atoms with van der Waals surface area (Å²) in [5, 5.41) is 0. The Labute approximate surface area is 179 Å². The molecule has 2 aromatic rings. The molecule has 28 heavy (non-hydrogen) atoms. The van der Waals surface area contributed by atoms with E-state index in [1.165, 1.54) is 21.1 Å². The summed E-state index contributed by atoms with van der Waals surface area (Å²) in [5.41, 5.74) is 3.88. The number of fused-ring (bicyclic) bond motifs is 1. The quantitative estimate of drug-likeness (QED) is 0.236. The van der Waals surface area contributed by atoms with E-state index < -0.39 is 0 Å². The maximum atomic E-state index is 6.45. The van der Waals surface area contributed by atoms with E-state index in [-0.39, 0.29) is 26.9 Å². The number of hydrogen-bond donors (Lipinski definition) is 0. The standard InChI is InChI=1S/C22H28INO3P/c28-23-8-11-26-16-17-6-7-21-20(14-17)19(18-4-2-1-3-5-18)15-22(27-21)24-9-12-25-13-10-24/h1-7,14,19,22H,8-13,15-16,28H2/q-1. The Morgan fingerprint density at radius 1 is 1.11 bits per heavy atom. The molecule has 0 bridgehead atoms. The molecule has 2 aliphatic heterocycles. The average Bonchev–Trinajstić information content (AvgIpc) is 2.77. The number of halogens is 1. The zero-order valence-electron chi connectivity index (χ0n) is 16.1. The van der Waals surface area contributed by atoms with Gasteiger partial charge in [-0.25, -0.2) is 0 Å². The monoisotopic (exact) mass is 512 g/mol. The molecule has 0 radical (unpaired) electrons. The molecule has 2 aliphatic rings. The van der Waals surface area contributed by atoms with Crippen LogP contribution in [-0.2, 0) is 16.1 Å². The fourth-order valence-electron chi connectivity index (χ4n) is 3.97. The summed E-state index contributed by atoms with van der Waals surface area (Å²) >= 11 is 0.224. The van der Waals surface area contributed by atoms with Gasteiger partial charge in [0.05, 0.1) is 13.2 Å². The van der Waals surface area contributed by atoms with Crippen LogP contribution in [0.1, 0.15) is 29.0 Å². The summed E-state index contributed by atoms with van der Waals surface area (Å²) in [5.74, 6) is 1.35. The molecule has 0 amide bonds. The van der Waals surface area contributed by atoms with Gasteiger partial charge < -0.3 is 4.74 Å². The molecular weight excluding hydrogens is 484 g/mol. The van der Waals surface area contributed by atoms with Gasteiger partial charge in [0.1, 0.15) is 0 Å². The third-order valence-electron chi connectivity index (χ3n) is 5.40. The molecule has 152 valence electrons. The van der Waals surface area contributed by atoms with Crippen LogP contribution in [0.2, 0.25) is 0 Å². The third kappa shape index (κ3) is 5.06. The molecule has 1 saturated heterocycles. The molecule has 0 spiro atoms.